The van der Waals surface area contributed by atoms with Crippen LogP contribution in [0.3, 0.4) is 0 Å². The first-order valence-electron chi connectivity index (χ1n) is 6.95. The number of carbonyl (C=O) groups excluding carboxylic acids is 1. The highest BCUT2D eigenvalue weighted by molar-refractivity contribution is 9.10. The molecule has 0 saturated heterocycles. The Bertz CT molecular complexity index is 756. The number of carboxylic acids is 1. The molecule has 0 unspecified atom stereocenters. The van der Waals surface area contributed by atoms with Crippen molar-refractivity contribution in [1.29, 1.82) is 0 Å². The van der Waals surface area contributed by atoms with Gasteiger partial charge in [0.05, 0.1) is 6.04 Å². The van der Waals surface area contributed by atoms with Crippen molar-refractivity contribution in [3.8, 4) is 0 Å². The molecule has 1 amide bonds. The Labute approximate surface area is 151 Å². The summed E-state index contributed by atoms with van der Waals surface area (Å²) in [6, 6.07) is 8.92. The van der Waals surface area contributed by atoms with Crippen LogP contribution in [0.4, 0.5) is 0 Å². The molecule has 0 fully saturated rings. The van der Waals surface area contributed by atoms with Crippen molar-refractivity contribution in [3.63, 3.8) is 0 Å². The number of rotatable bonds is 6. The van der Waals surface area contributed by atoms with Gasteiger partial charge in [-0.05, 0) is 30.2 Å². The fourth-order valence-corrected chi connectivity index (χ4v) is 2.63. The summed E-state index contributed by atoms with van der Waals surface area (Å²) in [7, 11) is 0. The normalized spacial score (nSPS) is 13.1. The van der Waals surface area contributed by atoms with Crippen molar-refractivity contribution in [2.45, 2.75) is 18.6 Å². The lowest BCUT2D eigenvalue weighted by atomic mass is 10.0. The van der Waals surface area contributed by atoms with E-state index in [0.29, 0.717) is 15.1 Å². The summed E-state index contributed by atoms with van der Waals surface area (Å²) < 4.78 is 0.657. The van der Waals surface area contributed by atoms with Crippen molar-refractivity contribution in [1.82, 2.24) is 10.3 Å². The lowest BCUT2D eigenvalue weighted by molar-refractivity contribution is -0.148. The summed E-state index contributed by atoms with van der Waals surface area (Å²) in [6.45, 7) is 0. The topological polar surface area (TPSA) is 99.5 Å². The van der Waals surface area contributed by atoms with Gasteiger partial charge < -0.3 is 15.5 Å². The number of carbonyl (C=O) groups is 2. The molecular weight excluding hydrogens is 400 g/mol. The van der Waals surface area contributed by atoms with Gasteiger partial charge in [-0.25, -0.2) is 4.79 Å². The molecule has 1 heterocycles. The Morgan fingerprint density at radius 3 is 2.62 bits per heavy atom. The summed E-state index contributed by atoms with van der Waals surface area (Å²) >= 11 is 9.30. The number of amides is 1. The predicted molar refractivity (Wildman–Crippen MR) is 92.0 cm³/mol. The molecule has 0 aliphatic carbocycles. The molecule has 2 aromatic rings. The van der Waals surface area contributed by atoms with Gasteiger partial charge in [0.25, 0.3) is 5.91 Å². The number of aliphatic carboxylic acids is 1. The van der Waals surface area contributed by atoms with Crippen LogP contribution in [0, 0.1) is 0 Å². The summed E-state index contributed by atoms with van der Waals surface area (Å²) in [5.41, 5.74) is 0.720. The molecule has 8 heteroatoms. The lowest BCUT2D eigenvalue weighted by Crippen LogP contribution is -2.48. The van der Waals surface area contributed by atoms with Gasteiger partial charge >= 0.3 is 5.97 Å². The Morgan fingerprint density at radius 1 is 1.29 bits per heavy atom. The van der Waals surface area contributed by atoms with Gasteiger partial charge in [0.2, 0.25) is 0 Å². The van der Waals surface area contributed by atoms with Crippen molar-refractivity contribution in [3.05, 3.63) is 63.3 Å². The molecule has 0 saturated carbocycles. The average Bonchev–Trinajstić information content (AvgIpc) is 2.55. The first-order chi connectivity index (χ1) is 11.4. The fraction of sp³-hybridized carbons (Fsp3) is 0.188. The minimum atomic E-state index is -1.78. The maximum Gasteiger partial charge on any atom is 0.334 e. The molecule has 6 nitrogen and oxygen atoms in total. The second-order valence-corrected chi connectivity index (χ2v) is 6.34. The number of aliphatic hydroxyl groups is 1. The molecule has 0 aliphatic rings. The maximum atomic E-state index is 12.3. The molecule has 2 atom stereocenters. The van der Waals surface area contributed by atoms with E-state index in [2.05, 4.69) is 26.2 Å². The summed E-state index contributed by atoms with van der Waals surface area (Å²) in [5, 5.41) is 21.9. The number of aromatic nitrogens is 1. The van der Waals surface area contributed by atoms with Crippen molar-refractivity contribution >= 4 is 39.4 Å². The maximum absolute atomic E-state index is 12.3. The van der Waals surface area contributed by atoms with Crippen LogP contribution in [0.5, 0.6) is 0 Å². The molecule has 2 rings (SSSR count). The minimum absolute atomic E-state index is 0.0624. The molecule has 0 bridgehead atoms. The average molecular weight is 414 g/mol. The molecular formula is C16H14BrClN2O4. The van der Waals surface area contributed by atoms with Gasteiger partial charge in [-0.15, -0.1) is 0 Å². The smallest absolute Gasteiger partial charge is 0.334 e. The monoisotopic (exact) mass is 412 g/mol. The van der Waals surface area contributed by atoms with E-state index in [9.17, 15) is 14.7 Å². The highest BCUT2D eigenvalue weighted by atomic mass is 79.9. The third-order valence-electron chi connectivity index (χ3n) is 3.30. The van der Waals surface area contributed by atoms with Crippen molar-refractivity contribution in [2.24, 2.45) is 0 Å². The summed E-state index contributed by atoms with van der Waals surface area (Å²) in [6.07, 6.45) is -0.278. The van der Waals surface area contributed by atoms with E-state index in [-0.39, 0.29) is 12.1 Å². The number of carboxylic acid groups (broad SMARTS) is 1. The number of nitrogens with zero attached hydrogens (tertiary/aromatic N) is 1. The molecule has 1 aromatic carbocycles. The first-order valence-corrected chi connectivity index (χ1v) is 8.12. The number of aliphatic hydroxyl groups excluding tert-OH is 1. The first kappa shape index (κ1) is 18.4. The van der Waals surface area contributed by atoms with Crippen LogP contribution in [0.2, 0.25) is 5.02 Å². The van der Waals surface area contributed by atoms with Crippen LogP contribution in [-0.2, 0) is 11.2 Å². The van der Waals surface area contributed by atoms with E-state index in [1.807, 2.05) is 0 Å². The van der Waals surface area contributed by atoms with E-state index in [1.165, 1.54) is 12.3 Å². The van der Waals surface area contributed by atoms with Gasteiger partial charge in [0.15, 0.2) is 6.10 Å². The van der Waals surface area contributed by atoms with Crippen LogP contribution in [0.1, 0.15) is 16.1 Å². The Hall–Kier alpha value is -1.96. The molecule has 0 spiro atoms. The third kappa shape index (κ3) is 4.77. The summed E-state index contributed by atoms with van der Waals surface area (Å²) in [4.78, 5) is 27.3. The van der Waals surface area contributed by atoms with Gasteiger partial charge in [-0.2, -0.15) is 0 Å². The lowest BCUT2D eigenvalue weighted by Gasteiger charge is -2.22. The van der Waals surface area contributed by atoms with Gasteiger partial charge in [0.1, 0.15) is 5.69 Å². The van der Waals surface area contributed by atoms with Crippen LogP contribution in [0.25, 0.3) is 0 Å². The van der Waals surface area contributed by atoms with Crippen LogP contribution >= 0.6 is 27.5 Å². The third-order valence-corrected chi connectivity index (χ3v) is 4.16. The summed E-state index contributed by atoms with van der Waals surface area (Å²) in [5.74, 6) is -2.02. The largest absolute Gasteiger partial charge is 0.479 e. The number of hydrogen-bond donors (Lipinski definition) is 3. The SMILES string of the molecule is O=C(N[C@H](Cc1ccccc1Cl)[C@@H](O)C(=O)O)c1cc(Br)ccn1. The number of benzene rings is 1. The van der Waals surface area contributed by atoms with E-state index in [0.717, 1.165) is 0 Å². The second kappa shape index (κ2) is 8.23. The van der Waals surface area contributed by atoms with Crippen LogP contribution in [-0.4, -0.2) is 39.2 Å². The highest BCUT2D eigenvalue weighted by Gasteiger charge is 2.28. The van der Waals surface area contributed by atoms with Gasteiger partial charge in [0, 0.05) is 15.7 Å². The molecule has 3 N–H and O–H groups in total. The second-order valence-electron chi connectivity index (χ2n) is 5.02. The predicted octanol–water partition coefficient (Wildman–Crippen LogP) is 2.28. The highest BCUT2D eigenvalue weighted by Crippen LogP contribution is 2.18. The Balaban J connectivity index is 2.22. The van der Waals surface area contributed by atoms with Gasteiger partial charge in [-0.3, -0.25) is 9.78 Å². The zero-order valence-electron chi connectivity index (χ0n) is 12.3. The van der Waals surface area contributed by atoms with Crippen LogP contribution in [0.15, 0.2) is 47.1 Å². The standard InChI is InChI=1S/C16H14BrClN2O4/c17-10-5-6-19-13(8-10)15(22)20-12(14(21)16(23)24)7-9-3-1-2-4-11(9)18/h1-6,8,12,14,21H,7H2,(H,20,22)(H,23,24)/t12-,14-/m1/s1. The molecule has 0 radical (unpaired) electrons. The Kier molecular flexibility index (Phi) is 6.30. The number of halogens is 2. The Morgan fingerprint density at radius 2 is 2.00 bits per heavy atom. The van der Waals surface area contributed by atoms with Crippen molar-refractivity contribution in [2.75, 3.05) is 0 Å². The molecule has 1 aromatic heterocycles. The number of pyridine rings is 1. The van der Waals surface area contributed by atoms with Crippen LogP contribution < -0.4 is 5.32 Å². The molecule has 126 valence electrons. The van der Waals surface area contributed by atoms with E-state index >= 15 is 0 Å². The molecule has 0 aliphatic heterocycles. The number of nitrogens with one attached hydrogen (secondary N) is 1. The minimum Gasteiger partial charge on any atom is -0.479 e. The van der Waals surface area contributed by atoms with E-state index in [4.69, 9.17) is 16.7 Å². The van der Waals surface area contributed by atoms with Gasteiger partial charge in [-0.1, -0.05) is 45.7 Å². The van der Waals surface area contributed by atoms with E-state index < -0.39 is 24.0 Å². The van der Waals surface area contributed by atoms with Crippen molar-refractivity contribution < 1.29 is 19.8 Å². The zero-order chi connectivity index (χ0) is 17.7. The molecule has 24 heavy (non-hydrogen) atoms. The quantitative estimate of drug-likeness (QED) is 0.675. The fourth-order valence-electron chi connectivity index (χ4n) is 2.09. The number of hydrogen-bond acceptors (Lipinski definition) is 4. The van der Waals surface area contributed by atoms with E-state index in [1.54, 1.807) is 30.3 Å². The zero-order valence-corrected chi connectivity index (χ0v) is 14.7.